The Morgan fingerprint density at radius 3 is 2.64 bits per heavy atom. The van der Waals surface area contributed by atoms with Crippen LogP contribution in [-0.4, -0.2) is 32.8 Å². The number of unbranched alkanes of at least 4 members (excludes halogenated alkanes) is 5. The van der Waals surface area contributed by atoms with E-state index in [2.05, 4.69) is 27.8 Å². The minimum atomic E-state index is -0.566. The fourth-order valence-corrected chi connectivity index (χ4v) is 3.35. The second-order valence-electron chi connectivity index (χ2n) is 6.97. The Kier molecular flexibility index (Phi) is 6.73. The number of ether oxygens (including phenoxy) is 1. The molecule has 0 spiro atoms. The molecule has 150 valence electrons. The van der Waals surface area contributed by atoms with Gasteiger partial charge in [-0.1, -0.05) is 56.3 Å². The van der Waals surface area contributed by atoms with Crippen LogP contribution in [0.3, 0.4) is 0 Å². The first kappa shape index (κ1) is 20.0. The molecule has 8 heteroatoms. The zero-order valence-corrected chi connectivity index (χ0v) is 16.3. The van der Waals surface area contributed by atoms with E-state index in [0.717, 1.165) is 19.3 Å². The summed E-state index contributed by atoms with van der Waals surface area (Å²) in [5.74, 6) is -0.323. The van der Waals surface area contributed by atoms with E-state index in [0.29, 0.717) is 29.4 Å². The van der Waals surface area contributed by atoms with E-state index >= 15 is 0 Å². The van der Waals surface area contributed by atoms with Crippen LogP contribution in [0.4, 0.5) is 10.3 Å². The van der Waals surface area contributed by atoms with E-state index in [1.165, 1.54) is 36.1 Å². The van der Waals surface area contributed by atoms with Crippen molar-refractivity contribution in [3.05, 3.63) is 46.9 Å². The van der Waals surface area contributed by atoms with Gasteiger partial charge in [0.2, 0.25) is 5.95 Å². The highest BCUT2D eigenvalue weighted by molar-refractivity contribution is 5.92. The van der Waals surface area contributed by atoms with E-state index in [1.807, 2.05) is 0 Å². The van der Waals surface area contributed by atoms with Crippen molar-refractivity contribution in [2.45, 2.75) is 58.4 Å². The number of fused-ring (bicyclic) bond motifs is 1. The van der Waals surface area contributed by atoms with Gasteiger partial charge in [-0.05, 0) is 41.5 Å². The van der Waals surface area contributed by atoms with Crippen molar-refractivity contribution in [2.24, 2.45) is 0 Å². The predicted molar refractivity (Wildman–Crippen MR) is 103 cm³/mol. The lowest BCUT2D eigenvalue weighted by molar-refractivity contribution is -0.139. The number of aromatic nitrogens is 4. The molecule has 0 bridgehead atoms. The third-order valence-corrected chi connectivity index (χ3v) is 4.85. The molecule has 3 rings (SSSR count). The number of nitrogens with zero attached hydrogens (tertiary/aromatic N) is 4. The summed E-state index contributed by atoms with van der Waals surface area (Å²) in [5, 5.41) is 14.7. The standard InChI is InChI=1S/C20H26FN5O2/c1-3-4-5-6-7-8-13-28-19(27)17-14(2)22-20-23-24-25-26(20)18(17)15-9-11-16(21)12-10-15/h9-12,18H,3-8,13H2,1-2H3,(H,22,23,25)/t18-/m1/s1. The fraction of sp³-hybridized carbons (Fsp3) is 0.500. The molecule has 0 radical (unpaired) electrons. The summed E-state index contributed by atoms with van der Waals surface area (Å²) in [7, 11) is 0. The topological polar surface area (TPSA) is 81.9 Å². The van der Waals surface area contributed by atoms with Crippen molar-refractivity contribution in [3.8, 4) is 0 Å². The fourth-order valence-electron chi connectivity index (χ4n) is 3.35. The van der Waals surface area contributed by atoms with E-state index < -0.39 is 12.0 Å². The average molecular weight is 387 g/mol. The number of halogens is 1. The molecule has 2 aromatic rings. The van der Waals surface area contributed by atoms with E-state index in [1.54, 1.807) is 19.1 Å². The number of benzene rings is 1. The summed E-state index contributed by atoms with van der Waals surface area (Å²) in [4.78, 5) is 12.8. The van der Waals surface area contributed by atoms with Crippen LogP contribution in [0.1, 0.15) is 64.0 Å². The third kappa shape index (κ3) is 4.55. The summed E-state index contributed by atoms with van der Waals surface area (Å²) < 4.78 is 20.4. The Labute approximate surface area is 164 Å². The molecular formula is C20H26FN5O2. The minimum absolute atomic E-state index is 0.345. The van der Waals surface area contributed by atoms with Gasteiger partial charge in [-0.25, -0.2) is 9.18 Å². The lowest BCUT2D eigenvalue weighted by Gasteiger charge is -2.27. The van der Waals surface area contributed by atoms with Crippen molar-refractivity contribution in [3.63, 3.8) is 0 Å². The molecule has 2 heterocycles. The van der Waals surface area contributed by atoms with Crippen LogP contribution in [0, 0.1) is 5.82 Å². The third-order valence-electron chi connectivity index (χ3n) is 4.85. The smallest absolute Gasteiger partial charge is 0.338 e. The zero-order valence-electron chi connectivity index (χ0n) is 16.3. The van der Waals surface area contributed by atoms with Crippen molar-refractivity contribution < 1.29 is 13.9 Å². The van der Waals surface area contributed by atoms with Crippen molar-refractivity contribution >= 4 is 11.9 Å². The number of hydrogen-bond acceptors (Lipinski definition) is 6. The quantitative estimate of drug-likeness (QED) is 0.517. The van der Waals surface area contributed by atoms with Crippen molar-refractivity contribution in [1.82, 2.24) is 20.2 Å². The number of rotatable bonds is 9. The van der Waals surface area contributed by atoms with Crippen LogP contribution in [-0.2, 0) is 9.53 Å². The Hall–Kier alpha value is -2.77. The summed E-state index contributed by atoms with van der Waals surface area (Å²) in [6, 6.07) is 5.41. The predicted octanol–water partition coefficient (Wildman–Crippen LogP) is 4.00. The number of carbonyl (C=O) groups excluding carboxylic acids is 1. The summed E-state index contributed by atoms with van der Waals surface area (Å²) in [6.45, 7) is 4.35. The highest BCUT2D eigenvalue weighted by Gasteiger charge is 2.34. The van der Waals surface area contributed by atoms with Crippen LogP contribution in [0.2, 0.25) is 0 Å². The highest BCUT2D eigenvalue weighted by Crippen LogP contribution is 2.34. The zero-order chi connectivity index (χ0) is 19.9. The number of esters is 1. The molecule has 1 aliphatic heterocycles. The Morgan fingerprint density at radius 2 is 1.89 bits per heavy atom. The maximum atomic E-state index is 13.4. The lowest BCUT2D eigenvalue weighted by Crippen LogP contribution is -2.29. The van der Waals surface area contributed by atoms with E-state index in [-0.39, 0.29) is 5.82 Å². The second kappa shape index (κ2) is 9.43. The largest absolute Gasteiger partial charge is 0.462 e. The number of nitrogens with one attached hydrogen (secondary N) is 1. The van der Waals surface area contributed by atoms with Crippen molar-refractivity contribution in [2.75, 3.05) is 11.9 Å². The SMILES string of the molecule is CCCCCCCCOC(=O)C1=C(C)Nc2nnnn2[C@@H]1c1ccc(F)cc1. The van der Waals surface area contributed by atoms with Crippen LogP contribution < -0.4 is 5.32 Å². The van der Waals surface area contributed by atoms with Gasteiger partial charge in [-0.2, -0.15) is 4.68 Å². The summed E-state index contributed by atoms with van der Waals surface area (Å²) in [5.41, 5.74) is 1.77. The highest BCUT2D eigenvalue weighted by atomic mass is 19.1. The molecule has 1 N–H and O–H groups in total. The van der Waals surface area contributed by atoms with E-state index in [9.17, 15) is 9.18 Å². The normalized spacial score (nSPS) is 15.9. The number of carbonyl (C=O) groups is 1. The molecule has 1 aromatic heterocycles. The first-order chi connectivity index (χ1) is 13.6. The first-order valence-electron chi connectivity index (χ1n) is 9.80. The molecule has 1 atom stereocenters. The van der Waals surface area contributed by atoms with Gasteiger partial charge in [0.15, 0.2) is 0 Å². The van der Waals surface area contributed by atoms with Gasteiger partial charge in [0.25, 0.3) is 0 Å². The van der Waals surface area contributed by atoms with Gasteiger partial charge in [0.05, 0.1) is 12.2 Å². The lowest BCUT2D eigenvalue weighted by atomic mass is 9.96. The Morgan fingerprint density at radius 1 is 1.18 bits per heavy atom. The van der Waals surface area contributed by atoms with Gasteiger partial charge in [-0.3, -0.25) is 0 Å². The monoisotopic (exact) mass is 387 g/mol. The Balaban J connectivity index is 1.72. The van der Waals surface area contributed by atoms with Crippen LogP contribution >= 0.6 is 0 Å². The van der Waals surface area contributed by atoms with Crippen LogP contribution in [0.25, 0.3) is 0 Å². The van der Waals surface area contributed by atoms with Crippen molar-refractivity contribution in [1.29, 1.82) is 0 Å². The maximum Gasteiger partial charge on any atom is 0.338 e. The molecule has 0 unspecified atom stereocenters. The van der Waals surface area contributed by atoms with Gasteiger partial charge in [0, 0.05) is 5.70 Å². The number of tetrazole rings is 1. The number of hydrogen-bond donors (Lipinski definition) is 1. The average Bonchev–Trinajstić information content (AvgIpc) is 3.14. The second-order valence-corrected chi connectivity index (χ2v) is 6.97. The molecule has 1 aromatic carbocycles. The van der Waals surface area contributed by atoms with Crippen LogP contribution in [0.5, 0.6) is 0 Å². The number of anilines is 1. The van der Waals surface area contributed by atoms with Gasteiger partial charge in [-0.15, -0.1) is 0 Å². The minimum Gasteiger partial charge on any atom is -0.462 e. The molecule has 0 saturated carbocycles. The van der Waals surface area contributed by atoms with Crippen LogP contribution in [0.15, 0.2) is 35.5 Å². The summed E-state index contributed by atoms with van der Waals surface area (Å²) >= 11 is 0. The summed E-state index contributed by atoms with van der Waals surface area (Å²) in [6.07, 6.45) is 6.70. The molecule has 0 fully saturated rings. The molecule has 0 saturated heterocycles. The maximum absolute atomic E-state index is 13.4. The molecular weight excluding hydrogens is 361 g/mol. The van der Waals surface area contributed by atoms with Gasteiger partial charge in [0.1, 0.15) is 11.9 Å². The van der Waals surface area contributed by atoms with Gasteiger partial charge >= 0.3 is 5.97 Å². The molecule has 0 aliphatic carbocycles. The molecule has 1 aliphatic rings. The molecule has 0 amide bonds. The Bertz CT molecular complexity index is 831. The van der Waals surface area contributed by atoms with E-state index in [4.69, 9.17) is 4.74 Å². The molecule has 7 nitrogen and oxygen atoms in total. The molecule has 28 heavy (non-hydrogen) atoms. The number of allylic oxidation sites excluding steroid dienone is 1. The van der Waals surface area contributed by atoms with Gasteiger partial charge < -0.3 is 10.1 Å². The first-order valence-corrected chi connectivity index (χ1v) is 9.80.